The van der Waals surface area contributed by atoms with E-state index in [1.54, 1.807) is 0 Å². The van der Waals surface area contributed by atoms with E-state index in [1.807, 2.05) is 24.3 Å². The molecule has 14 aromatic carbocycles. The van der Waals surface area contributed by atoms with E-state index in [0.29, 0.717) is 57.4 Å². The molecule has 0 amide bonds. The van der Waals surface area contributed by atoms with Crippen LogP contribution in [0.5, 0.6) is 11.5 Å². The summed E-state index contributed by atoms with van der Waals surface area (Å²) in [5.74, 6) is 3.28. The number of aromatic amines is 4. The third-order valence-electron chi connectivity index (χ3n) is 26.9. The number of aromatic nitrogens is 12. The molecule has 4 N–H and O–H groups in total. The Bertz CT molecular complexity index is 8450. The van der Waals surface area contributed by atoms with Crippen LogP contribution in [-0.4, -0.2) is 59.8 Å². The molecule has 0 unspecified atom stereocenters. The van der Waals surface area contributed by atoms with Crippen molar-refractivity contribution in [2.75, 3.05) is 14.7 Å². The summed E-state index contributed by atoms with van der Waals surface area (Å²) in [6, 6.07) is 133. The zero-order chi connectivity index (χ0) is 94.7. The van der Waals surface area contributed by atoms with Gasteiger partial charge in [-0.2, -0.15) is 0 Å². The topological polar surface area (TPSA) is 185 Å². The molecular formula is C124H97N15O. The largest absolute Gasteiger partial charge is 0.457 e. The first-order chi connectivity index (χ1) is 68.2. The van der Waals surface area contributed by atoms with E-state index >= 15 is 0 Å². The van der Waals surface area contributed by atoms with Crippen LogP contribution in [0.2, 0.25) is 0 Å². The standard InChI is InChI=1S/C124H97N15O/c1-122(2,3)80-48-60-94-98(72-80)118-129-114(94)131-119-100-74-82(124(7,8)9)50-62-96(100)116(133-119)135-121-101-75-93(59-63-97(101)117(136-121)134-120-99-73-81(123(4,5)6)49-61-95(99)115(130-118)132-120)140-92-57-46-79(47-58-92)113-108-70-68-106(127-108)111(77-42-53-90(54-43-77)138(85-32-20-12-21-33-85)86-34-22-13-23-35-86)104-66-64-102(125-104)110(76-40-51-89(52-41-76)137(83-28-16-10-17-29-83)84-30-18-11-19-31-84)103-65-67-105(126-103)112(107-69-71-109(113)128-107)78-44-55-91(56-45-78)139(87-36-24-14-25-37-87)88-38-26-15-27-39-88/h10-75,125,128H,1-9H3,(H2,129,130,131,132,133,134,135,136). The first kappa shape index (κ1) is 85.2. The molecule has 16 nitrogen and oxygen atoms in total. The second-order valence-corrected chi connectivity index (χ2v) is 39.1. The number of rotatable bonds is 15. The van der Waals surface area contributed by atoms with Crippen molar-refractivity contribution in [2.45, 2.75) is 78.6 Å². The number of para-hydroxylation sites is 6. The Kier molecular flexibility index (Phi) is 20.8. The maximum absolute atomic E-state index is 7.11. The molecule has 10 heterocycles. The molecule has 24 rings (SSSR count). The maximum atomic E-state index is 7.11. The molecule has 0 saturated heterocycles. The highest BCUT2D eigenvalue weighted by molar-refractivity contribution is 6.08. The number of hydrogen-bond donors (Lipinski definition) is 4. The van der Waals surface area contributed by atoms with Crippen molar-refractivity contribution in [3.8, 4) is 102 Å². The van der Waals surface area contributed by atoms with E-state index in [1.165, 1.54) is 5.56 Å². The monoisotopic (exact) mass is 1810 g/mol. The lowest BCUT2D eigenvalue weighted by atomic mass is 9.85. The first-order valence-corrected chi connectivity index (χ1v) is 47.6. The lowest BCUT2D eigenvalue weighted by Crippen LogP contribution is -2.10. The van der Waals surface area contributed by atoms with Gasteiger partial charge in [-0.3, -0.25) is 0 Å². The van der Waals surface area contributed by atoms with Gasteiger partial charge in [0.15, 0.2) is 23.3 Å². The molecule has 4 aliphatic rings. The van der Waals surface area contributed by atoms with Crippen molar-refractivity contribution in [3.05, 3.63) is 416 Å². The Hall–Kier alpha value is -17.8. The summed E-state index contributed by atoms with van der Waals surface area (Å²) in [7, 11) is 0. The van der Waals surface area contributed by atoms with Gasteiger partial charge in [0, 0.05) is 139 Å². The van der Waals surface area contributed by atoms with Gasteiger partial charge >= 0.3 is 0 Å². The number of fused-ring (bicyclic) bond motifs is 28. The van der Waals surface area contributed by atoms with E-state index in [2.05, 4.69) is 473 Å². The number of nitrogens with one attached hydrogen (secondary N) is 4. The third kappa shape index (κ3) is 15.9. The number of ether oxygens (including phenoxy) is 1. The normalized spacial score (nSPS) is 12.3. The number of benzene rings is 14. The first-order valence-electron chi connectivity index (χ1n) is 47.6. The molecule has 0 aliphatic carbocycles. The molecular weight excluding hydrogens is 1720 g/mol. The van der Waals surface area contributed by atoms with Crippen LogP contribution in [0.3, 0.4) is 0 Å². The highest BCUT2D eigenvalue weighted by Crippen LogP contribution is 2.48. The molecule has 0 atom stereocenters. The average molecular weight is 1810 g/mol. The Morgan fingerprint density at radius 2 is 0.464 bits per heavy atom. The summed E-state index contributed by atoms with van der Waals surface area (Å²) in [5, 5.41) is 3.42. The van der Waals surface area contributed by atoms with Crippen molar-refractivity contribution in [1.29, 1.82) is 0 Å². The van der Waals surface area contributed by atoms with Crippen molar-refractivity contribution < 1.29 is 4.74 Å². The molecule has 4 aliphatic heterocycles. The third-order valence-corrected chi connectivity index (χ3v) is 26.9. The maximum Gasteiger partial charge on any atom is 0.164 e. The highest BCUT2D eigenvalue weighted by Gasteiger charge is 2.30. The van der Waals surface area contributed by atoms with E-state index in [9.17, 15) is 0 Å². The minimum atomic E-state index is -0.179. The van der Waals surface area contributed by atoms with Crippen LogP contribution in [0.15, 0.2) is 376 Å². The summed E-state index contributed by atoms with van der Waals surface area (Å²) in [6.45, 7) is 20.0. The fourth-order valence-corrected chi connectivity index (χ4v) is 19.6. The van der Waals surface area contributed by atoms with Crippen molar-refractivity contribution >= 4 is 142 Å². The van der Waals surface area contributed by atoms with Gasteiger partial charge in [0.05, 0.1) is 22.8 Å². The molecule has 674 valence electrons. The molecule has 140 heavy (non-hydrogen) atoms. The SMILES string of the molecule is CC(C)(C)c1ccc2c(c1)-c1nc-2nc2[nH]c(nc3nc(nc4[nH]c(n1)c1ccc(Oc5ccc(-c6c7nc(c(-c8ccc(N(c9ccccc9)c9ccccc9)cc8)c8ccc([nH]8)c(-c8ccc(N(c9ccccc9)c9ccccc9)cc8)c8nc(c(-c9ccc(N(c%10ccccc%10)c%10ccccc%10)cc9)c9ccc6[nH]9)C=C8)C=C7)cc5)cc41)-c1ccc(C(C)(C)C)cc1-3)c1ccc(C(C)(C)C)cc21. The number of anilines is 9. The molecule has 16 heteroatoms. The van der Waals surface area contributed by atoms with Crippen LogP contribution in [0.1, 0.15) is 102 Å². The molecule has 0 spiro atoms. The summed E-state index contributed by atoms with van der Waals surface area (Å²) in [5.41, 5.74) is 32.0. The number of H-pyrrole nitrogens is 4. The lowest BCUT2D eigenvalue weighted by molar-refractivity contribution is 0.483. The molecule has 16 bridgehead atoms. The molecule has 0 saturated carbocycles. The van der Waals surface area contributed by atoms with Gasteiger partial charge in [0.1, 0.15) is 34.1 Å². The zero-order valence-electron chi connectivity index (χ0n) is 78.9. The van der Waals surface area contributed by atoms with Crippen molar-refractivity contribution in [1.82, 2.24) is 59.8 Å². The van der Waals surface area contributed by atoms with Crippen molar-refractivity contribution in [2.24, 2.45) is 0 Å². The van der Waals surface area contributed by atoms with Crippen LogP contribution in [0.25, 0.3) is 181 Å². The second-order valence-electron chi connectivity index (χ2n) is 39.1. The Labute approximate surface area is 811 Å². The quantitative estimate of drug-likeness (QED) is 0.0762. The lowest BCUT2D eigenvalue weighted by Gasteiger charge is -2.25. The van der Waals surface area contributed by atoms with Crippen LogP contribution < -0.4 is 19.4 Å². The minimum absolute atomic E-state index is 0.143. The van der Waals surface area contributed by atoms with E-state index in [-0.39, 0.29) is 16.2 Å². The minimum Gasteiger partial charge on any atom is -0.457 e. The Balaban J connectivity index is 0.687. The number of nitrogens with zero attached hydrogens (tertiary/aromatic N) is 11. The summed E-state index contributed by atoms with van der Waals surface area (Å²) >= 11 is 0. The van der Waals surface area contributed by atoms with Gasteiger partial charge in [0.25, 0.3) is 0 Å². The van der Waals surface area contributed by atoms with Gasteiger partial charge in [0.2, 0.25) is 0 Å². The zero-order valence-corrected chi connectivity index (χ0v) is 78.9. The van der Waals surface area contributed by atoms with Gasteiger partial charge in [-0.05, 0) is 261 Å². The summed E-state index contributed by atoms with van der Waals surface area (Å²) in [4.78, 5) is 66.8. The predicted molar refractivity (Wildman–Crippen MR) is 577 cm³/mol. The van der Waals surface area contributed by atoms with Crippen LogP contribution in [-0.2, 0) is 16.2 Å². The van der Waals surface area contributed by atoms with E-state index in [0.717, 1.165) is 195 Å². The van der Waals surface area contributed by atoms with Gasteiger partial charge < -0.3 is 39.4 Å². The highest BCUT2D eigenvalue weighted by atomic mass is 16.5. The van der Waals surface area contributed by atoms with Crippen molar-refractivity contribution in [3.63, 3.8) is 0 Å². The predicted octanol–water partition coefficient (Wildman–Crippen LogP) is 32.6. The van der Waals surface area contributed by atoms with Crippen LogP contribution >= 0.6 is 0 Å². The average Bonchev–Trinajstić information content (AvgIpc) is 1.60. The molecule has 0 fully saturated rings. The van der Waals surface area contributed by atoms with Crippen LogP contribution in [0.4, 0.5) is 51.2 Å². The second kappa shape index (κ2) is 34.2. The van der Waals surface area contributed by atoms with E-state index < -0.39 is 0 Å². The molecule has 20 aromatic rings. The van der Waals surface area contributed by atoms with E-state index in [4.69, 9.17) is 44.6 Å². The number of hydrogen-bond acceptors (Lipinski definition) is 12. The van der Waals surface area contributed by atoms with Crippen LogP contribution in [0, 0.1) is 0 Å². The van der Waals surface area contributed by atoms with Gasteiger partial charge in [-0.15, -0.1) is 0 Å². The Morgan fingerprint density at radius 3 is 0.779 bits per heavy atom. The summed E-state index contributed by atoms with van der Waals surface area (Å²) in [6.07, 6.45) is 8.64. The smallest absolute Gasteiger partial charge is 0.164 e. The fraction of sp³-hybridized carbons (Fsp3) is 0.0968. The Morgan fingerprint density at radius 1 is 0.207 bits per heavy atom. The molecule has 0 radical (unpaired) electrons. The summed E-state index contributed by atoms with van der Waals surface area (Å²) < 4.78 is 7.11. The van der Waals surface area contributed by atoms with Gasteiger partial charge in [-0.25, -0.2) is 39.9 Å². The fourth-order valence-electron chi connectivity index (χ4n) is 19.6. The molecule has 6 aromatic heterocycles. The van der Waals surface area contributed by atoms with Gasteiger partial charge in [-0.1, -0.05) is 256 Å².